The predicted molar refractivity (Wildman–Crippen MR) is 128 cm³/mol. The highest BCUT2D eigenvalue weighted by molar-refractivity contribution is 7.92. The molecule has 0 aliphatic carbocycles. The van der Waals surface area contributed by atoms with Crippen LogP contribution < -0.4 is 19.7 Å². The molecule has 9 nitrogen and oxygen atoms in total. The van der Waals surface area contributed by atoms with Crippen LogP contribution in [-0.4, -0.2) is 52.7 Å². The van der Waals surface area contributed by atoms with Crippen molar-refractivity contribution in [2.75, 3.05) is 48.4 Å². The summed E-state index contributed by atoms with van der Waals surface area (Å²) in [5.74, 6) is 0.279. The molecular weight excluding hydrogens is 464 g/mol. The number of amides is 1. The van der Waals surface area contributed by atoms with Gasteiger partial charge in [0.2, 0.25) is 0 Å². The first-order chi connectivity index (χ1) is 15.9. The number of aromatic nitrogens is 1. The van der Waals surface area contributed by atoms with E-state index in [1.54, 1.807) is 43.5 Å². The van der Waals surface area contributed by atoms with Gasteiger partial charge in [-0.3, -0.25) is 9.52 Å². The lowest BCUT2D eigenvalue weighted by Gasteiger charge is -2.30. The van der Waals surface area contributed by atoms with Crippen LogP contribution in [0.25, 0.3) is 0 Å². The molecule has 0 radical (unpaired) electrons. The van der Waals surface area contributed by atoms with Crippen molar-refractivity contribution in [1.82, 2.24) is 4.98 Å². The third-order valence-electron chi connectivity index (χ3n) is 5.05. The fourth-order valence-electron chi connectivity index (χ4n) is 3.40. The van der Waals surface area contributed by atoms with Crippen molar-refractivity contribution in [3.63, 3.8) is 0 Å². The van der Waals surface area contributed by atoms with Crippen molar-refractivity contribution >= 4 is 44.3 Å². The smallest absolute Gasteiger partial charge is 0.267 e. The quantitative estimate of drug-likeness (QED) is 0.525. The first-order valence-corrected chi connectivity index (χ1v) is 12.5. The molecule has 33 heavy (non-hydrogen) atoms. The van der Waals surface area contributed by atoms with E-state index in [1.807, 2.05) is 11.8 Å². The third kappa shape index (κ3) is 5.44. The molecule has 2 aromatic carbocycles. The van der Waals surface area contributed by atoms with Crippen molar-refractivity contribution in [2.45, 2.75) is 11.8 Å². The molecule has 0 spiro atoms. The van der Waals surface area contributed by atoms with Gasteiger partial charge in [0.25, 0.3) is 15.9 Å². The normalized spacial score (nSPS) is 14.1. The molecule has 3 aromatic rings. The Hall–Kier alpha value is -3.15. The van der Waals surface area contributed by atoms with Gasteiger partial charge in [-0.15, -0.1) is 11.3 Å². The zero-order valence-corrected chi connectivity index (χ0v) is 19.8. The number of benzene rings is 2. The fourth-order valence-corrected chi connectivity index (χ4v) is 5.38. The molecular formula is C22H24N4O5S2. The number of anilines is 3. The van der Waals surface area contributed by atoms with Gasteiger partial charge < -0.3 is 19.7 Å². The van der Waals surface area contributed by atoms with E-state index >= 15 is 0 Å². The monoisotopic (exact) mass is 488 g/mol. The number of nitrogens with one attached hydrogen (secondary N) is 2. The van der Waals surface area contributed by atoms with Gasteiger partial charge in [0.1, 0.15) is 15.5 Å². The van der Waals surface area contributed by atoms with Crippen LogP contribution in [0.4, 0.5) is 17.1 Å². The number of carbonyl (C=O) groups is 1. The number of aryl methyl sites for hydroxylation is 1. The molecule has 1 saturated heterocycles. The maximum absolute atomic E-state index is 13.4. The van der Waals surface area contributed by atoms with Gasteiger partial charge in [-0.2, -0.15) is 0 Å². The molecule has 11 heteroatoms. The molecule has 4 rings (SSSR count). The Morgan fingerprint density at radius 2 is 1.82 bits per heavy atom. The van der Waals surface area contributed by atoms with Crippen molar-refractivity contribution in [3.05, 3.63) is 58.5 Å². The summed E-state index contributed by atoms with van der Waals surface area (Å²) in [7, 11) is -2.42. The van der Waals surface area contributed by atoms with Crippen LogP contribution in [0.1, 0.15) is 14.7 Å². The summed E-state index contributed by atoms with van der Waals surface area (Å²) in [6.45, 7) is 3.96. The van der Waals surface area contributed by atoms with Gasteiger partial charge in [0, 0.05) is 24.5 Å². The number of methoxy groups -OCH3 is 1. The number of morpholine rings is 1. The zero-order chi connectivity index (χ0) is 23.4. The van der Waals surface area contributed by atoms with E-state index in [1.165, 1.54) is 23.6 Å². The molecule has 0 saturated carbocycles. The van der Waals surface area contributed by atoms with E-state index in [9.17, 15) is 13.2 Å². The number of sulfonamides is 1. The highest BCUT2D eigenvalue weighted by Crippen LogP contribution is 2.31. The van der Waals surface area contributed by atoms with Gasteiger partial charge >= 0.3 is 0 Å². The van der Waals surface area contributed by atoms with Crippen LogP contribution in [0.2, 0.25) is 0 Å². The minimum Gasteiger partial charge on any atom is -0.497 e. The van der Waals surface area contributed by atoms with Crippen LogP contribution >= 0.6 is 11.3 Å². The molecule has 1 aromatic heterocycles. The zero-order valence-electron chi connectivity index (χ0n) is 18.2. The summed E-state index contributed by atoms with van der Waals surface area (Å²) >= 11 is 1.27. The number of nitrogens with zero attached hydrogens (tertiary/aromatic N) is 2. The molecule has 0 unspecified atom stereocenters. The van der Waals surface area contributed by atoms with Gasteiger partial charge in [0.15, 0.2) is 0 Å². The van der Waals surface area contributed by atoms with Crippen LogP contribution in [0, 0.1) is 6.92 Å². The van der Waals surface area contributed by atoms with Gasteiger partial charge in [-0.25, -0.2) is 13.4 Å². The highest BCUT2D eigenvalue weighted by atomic mass is 32.2. The Morgan fingerprint density at radius 1 is 1.12 bits per heavy atom. The second kappa shape index (κ2) is 9.77. The van der Waals surface area contributed by atoms with E-state index in [4.69, 9.17) is 9.47 Å². The predicted octanol–water partition coefficient (Wildman–Crippen LogP) is 3.35. The summed E-state index contributed by atoms with van der Waals surface area (Å²) in [4.78, 5) is 19.2. The average molecular weight is 489 g/mol. The fraction of sp³-hybridized carbons (Fsp3) is 0.273. The van der Waals surface area contributed by atoms with Crippen molar-refractivity contribution in [2.24, 2.45) is 0 Å². The number of hydrogen-bond donors (Lipinski definition) is 2. The number of hydrogen-bond acceptors (Lipinski definition) is 8. The third-order valence-corrected chi connectivity index (χ3v) is 7.37. The van der Waals surface area contributed by atoms with Crippen LogP contribution in [0.5, 0.6) is 5.75 Å². The number of ether oxygens (including phenoxy) is 2. The van der Waals surface area contributed by atoms with Crippen molar-refractivity contribution in [1.29, 1.82) is 0 Å². The number of carbonyl (C=O) groups excluding carboxylic acids is 1. The van der Waals surface area contributed by atoms with Gasteiger partial charge in [-0.05, 0) is 49.4 Å². The molecule has 0 atom stereocenters. The lowest BCUT2D eigenvalue weighted by molar-refractivity contribution is 0.103. The SMILES string of the molecule is COc1ccc(NS(=O)(=O)c2cc(NC(=O)c3cnc(C)s3)ccc2N2CCOCC2)cc1. The molecule has 174 valence electrons. The molecule has 1 fully saturated rings. The first-order valence-electron chi connectivity index (χ1n) is 10.2. The van der Waals surface area contributed by atoms with Crippen LogP contribution in [0.15, 0.2) is 53.6 Å². The summed E-state index contributed by atoms with van der Waals surface area (Å²) in [5.41, 5.74) is 1.32. The Morgan fingerprint density at radius 3 is 2.45 bits per heavy atom. The minimum atomic E-state index is -3.97. The standard InChI is InChI=1S/C22H24N4O5S2/c1-15-23-14-20(32-15)22(27)24-17-5-8-19(26-9-11-31-12-10-26)21(13-17)33(28,29)25-16-3-6-18(30-2)7-4-16/h3-8,13-14,25H,9-12H2,1-2H3,(H,24,27). The summed E-state index contributed by atoms with van der Waals surface area (Å²) < 4.78 is 40.0. The van der Waals surface area contributed by atoms with Crippen LogP contribution in [0.3, 0.4) is 0 Å². The highest BCUT2D eigenvalue weighted by Gasteiger charge is 2.25. The van der Waals surface area contributed by atoms with E-state index in [-0.39, 0.29) is 10.8 Å². The van der Waals surface area contributed by atoms with E-state index in [2.05, 4.69) is 15.0 Å². The summed E-state index contributed by atoms with van der Waals surface area (Å²) in [6, 6.07) is 11.5. The maximum Gasteiger partial charge on any atom is 0.267 e. The van der Waals surface area contributed by atoms with E-state index in [0.29, 0.717) is 54.0 Å². The van der Waals surface area contributed by atoms with Crippen molar-refractivity contribution < 1.29 is 22.7 Å². The number of rotatable bonds is 7. The van der Waals surface area contributed by atoms with E-state index < -0.39 is 10.0 Å². The Balaban J connectivity index is 1.67. The largest absolute Gasteiger partial charge is 0.497 e. The van der Waals surface area contributed by atoms with Crippen molar-refractivity contribution in [3.8, 4) is 5.75 Å². The van der Waals surface area contributed by atoms with E-state index in [0.717, 1.165) is 5.01 Å². The topological polar surface area (TPSA) is 110 Å². The maximum atomic E-state index is 13.4. The first kappa shape index (κ1) is 23.0. The average Bonchev–Trinajstić information content (AvgIpc) is 3.26. The number of thiazole rings is 1. The van der Waals surface area contributed by atoms with Gasteiger partial charge in [-0.1, -0.05) is 0 Å². The molecule has 1 aliphatic rings. The molecule has 1 amide bonds. The Kier molecular flexibility index (Phi) is 6.82. The molecule has 2 N–H and O–H groups in total. The summed E-state index contributed by atoms with van der Waals surface area (Å²) in [5, 5.41) is 3.55. The molecule has 2 heterocycles. The lowest BCUT2D eigenvalue weighted by Crippen LogP contribution is -2.37. The Bertz CT molecular complexity index is 1240. The van der Waals surface area contributed by atoms with Gasteiger partial charge in [0.05, 0.1) is 37.2 Å². The lowest BCUT2D eigenvalue weighted by atomic mass is 10.2. The molecule has 1 aliphatic heterocycles. The Labute approximate surface area is 196 Å². The van der Waals surface area contributed by atoms with Crippen LogP contribution in [-0.2, 0) is 14.8 Å². The summed E-state index contributed by atoms with van der Waals surface area (Å²) in [6.07, 6.45) is 1.50. The second-order valence-electron chi connectivity index (χ2n) is 7.31. The molecule has 0 bridgehead atoms. The second-order valence-corrected chi connectivity index (χ2v) is 10.2. The minimum absolute atomic E-state index is 0.0681.